The maximum absolute atomic E-state index is 14.1. The lowest BCUT2D eigenvalue weighted by Crippen LogP contribution is -1.97. The molecular weight excluding hydrogens is 314 g/mol. The molecule has 6 heteroatoms. The Morgan fingerprint density at radius 1 is 1.10 bits per heavy atom. The highest BCUT2D eigenvalue weighted by Crippen LogP contribution is 2.33. The predicted octanol–water partition coefficient (Wildman–Crippen LogP) is 4.75. The summed E-state index contributed by atoms with van der Waals surface area (Å²) < 4.78 is 19.3. The Morgan fingerprint density at radius 2 is 1.90 bits per heavy atom. The van der Waals surface area contributed by atoms with Crippen molar-refractivity contribution in [1.29, 1.82) is 0 Å². The van der Waals surface area contributed by atoms with E-state index in [-0.39, 0.29) is 16.5 Å². The number of hydrogen-bond acceptors (Lipinski definition) is 3. The van der Waals surface area contributed by atoms with Gasteiger partial charge in [-0.05, 0) is 30.3 Å². The Balaban J connectivity index is 2.31. The van der Waals surface area contributed by atoms with E-state index in [0.29, 0.717) is 21.7 Å². The number of fused-ring (bicyclic) bond motifs is 1. The third-order valence-electron chi connectivity index (χ3n) is 3.03. The molecule has 2 aromatic carbocycles. The first-order valence-electron chi connectivity index (χ1n) is 6.06. The van der Waals surface area contributed by atoms with E-state index < -0.39 is 5.82 Å². The van der Waals surface area contributed by atoms with Gasteiger partial charge in [0.25, 0.3) is 0 Å². The van der Waals surface area contributed by atoms with Crippen LogP contribution in [-0.2, 0) is 0 Å². The van der Waals surface area contributed by atoms with Gasteiger partial charge in [-0.3, -0.25) is 0 Å². The van der Waals surface area contributed by atoms with Gasteiger partial charge in [-0.2, -0.15) is 0 Å². The maximum Gasteiger partial charge on any atom is 0.168 e. The maximum atomic E-state index is 14.1. The molecule has 3 aromatic rings. The first-order chi connectivity index (χ1) is 10.1. The molecule has 3 rings (SSSR count). The molecule has 21 heavy (non-hydrogen) atoms. The van der Waals surface area contributed by atoms with Crippen molar-refractivity contribution in [2.45, 2.75) is 0 Å². The van der Waals surface area contributed by atoms with E-state index in [1.54, 1.807) is 30.3 Å². The molecule has 0 amide bonds. The number of ether oxygens (including phenoxy) is 1. The summed E-state index contributed by atoms with van der Waals surface area (Å²) in [7, 11) is 1.46. The lowest BCUT2D eigenvalue weighted by atomic mass is 10.1. The number of nitrogens with zero attached hydrogens (tertiary/aromatic N) is 2. The minimum absolute atomic E-state index is 0.157. The van der Waals surface area contributed by atoms with Crippen molar-refractivity contribution in [2.24, 2.45) is 0 Å². The molecule has 0 saturated heterocycles. The van der Waals surface area contributed by atoms with Crippen LogP contribution < -0.4 is 4.74 Å². The van der Waals surface area contributed by atoms with Gasteiger partial charge in [0.15, 0.2) is 5.82 Å². The first kappa shape index (κ1) is 14.0. The second kappa shape index (κ2) is 5.47. The molecule has 3 nitrogen and oxygen atoms in total. The molecule has 0 aliphatic heterocycles. The highest BCUT2D eigenvalue weighted by molar-refractivity contribution is 6.35. The Kier molecular flexibility index (Phi) is 3.66. The number of rotatable bonds is 2. The fraction of sp³-hybridized carbons (Fsp3) is 0.0667. The molecule has 0 bridgehead atoms. The van der Waals surface area contributed by atoms with E-state index in [2.05, 4.69) is 9.97 Å². The Hall–Kier alpha value is -1.91. The van der Waals surface area contributed by atoms with E-state index >= 15 is 0 Å². The molecule has 0 spiro atoms. The zero-order valence-electron chi connectivity index (χ0n) is 10.9. The lowest BCUT2D eigenvalue weighted by Gasteiger charge is -2.10. The van der Waals surface area contributed by atoms with Crippen LogP contribution in [0.25, 0.3) is 22.3 Å². The van der Waals surface area contributed by atoms with Crippen LogP contribution in [0.1, 0.15) is 0 Å². The van der Waals surface area contributed by atoms with Gasteiger partial charge in [-0.1, -0.05) is 29.3 Å². The number of aromatic nitrogens is 2. The number of halogens is 3. The molecule has 1 aromatic heterocycles. The summed E-state index contributed by atoms with van der Waals surface area (Å²) >= 11 is 12.1. The van der Waals surface area contributed by atoms with Crippen molar-refractivity contribution in [3.63, 3.8) is 0 Å². The zero-order chi connectivity index (χ0) is 15.0. The molecule has 0 aliphatic carbocycles. The van der Waals surface area contributed by atoms with Gasteiger partial charge in [0.1, 0.15) is 16.7 Å². The van der Waals surface area contributed by atoms with Crippen molar-refractivity contribution in [3.8, 4) is 17.1 Å². The first-order valence-corrected chi connectivity index (χ1v) is 6.81. The second-order valence-corrected chi connectivity index (χ2v) is 5.11. The van der Waals surface area contributed by atoms with Crippen LogP contribution in [0, 0.1) is 5.82 Å². The standard InChI is InChI=1S/C15H9Cl2FN2O/c1-21-12-4-2-3-10(18)13(12)15-19-11-7-8(16)5-6-9(11)14(17)20-15/h2-7H,1H3. The summed E-state index contributed by atoms with van der Waals surface area (Å²) in [5.41, 5.74) is 0.714. The van der Waals surface area contributed by atoms with Gasteiger partial charge in [0, 0.05) is 10.4 Å². The van der Waals surface area contributed by atoms with Gasteiger partial charge in [-0.15, -0.1) is 0 Å². The third-order valence-corrected chi connectivity index (χ3v) is 3.55. The van der Waals surface area contributed by atoms with Crippen molar-refractivity contribution in [2.75, 3.05) is 7.11 Å². The van der Waals surface area contributed by atoms with Crippen LogP contribution in [-0.4, -0.2) is 17.1 Å². The normalized spacial score (nSPS) is 10.9. The second-order valence-electron chi connectivity index (χ2n) is 4.32. The van der Waals surface area contributed by atoms with E-state index in [1.165, 1.54) is 13.2 Å². The third kappa shape index (κ3) is 2.52. The number of hydrogen-bond donors (Lipinski definition) is 0. The van der Waals surface area contributed by atoms with Gasteiger partial charge in [0.05, 0.1) is 18.2 Å². The van der Waals surface area contributed by atoms with Crippen molar-refractivity contribution in [1.82, 2.24) is 9.97 Å². The van der Waals surface area contributed by atoms with Gasteiger partial charge in [0.2, 0.25) is 0 Å². The van der Waals surface area contributed by atoms with Crippen LogP contribution >= 0.6 is 23.2 Å². The fourth-order valence-electron chi connectivity index (χ4n) is 2.07. The average Bonchev–Trinajstić information content (AvgIpc) is 2.46. The number of benzene rings is 2. The number of methoxy groups -OCH3 is 1. The Morgan fingerprint density at radius 3 is 2.67 bits per heavy atom. The molecule has 0 saturated carbocycles. The molecule has 1 heterocycles. The molecule has 0 unspecified atom stereocenters. The smallest absolute Gasteiger partial charge is 0.168 e. The summed E-state index contributed by atoms with van der Waals surface area (Å²) in [6.07, 6.45) is 0. The Labute approximate surface area is 130 Å². The monoisotopic (exact) mass is 322 g/mol. The predicted molar refractivity (Wildman–Crippen MR) is 81.5 cm³/mol. The van der Waals surface area contributed by atoms with Crippen LogP contribution in [0.2, 0.25) is 10.2 Å². The minimum Gasteiger partial charge on any atom is -0.496 e. The molecular formula is C15H9Cl2FN2O. The molecule has 0 atom stereocenters. The summed E-state index contributed by atoms with van der Waals surface area (Å²) in [5.74, 6) is 0.0176. The van der Waals surface area contributed by atoms with Gasteiger partial charge < -0.3 is 4.74 Å². The average molecular weight is 323 g/mol. The van der Waals surface area contributed by atoms with E-state index in [1.807, 2.05) is 0 Å². The zero-order valence-corrected chi connectivity index (χ0v) is 12.4. The molecule has 106 valence electrons. The molecule has 0 aliphatic rings. The van der Waals surface area contributed by atoms with Crippen molar-refractivity contribution in [3.05, 3.63) is 52.4 Å². The largest absolute Gasteiger partial charge is 0.496 e. The Bertz CT molecular complexity index is 839. The highest BCUT2D eigenvalue weighted by atomic mass is 35.5. The van der Waals surface area contributed by atoms with Crippen LogP contribution in [0.5, 0.6) is 5.75 Å². The van der Waals surface area contributed by atoms with E-state index in [9.17, 15) is 4.39 Å². The van der Waals surface area contributed by atoms with Gasteiger partial charge in [-0.25, -0.2) is 14.4 Å². The fourth-order valence-corrected chi connectivity index (χ4v) is 2.47. The molecule has 0 fully saturated rings. The molecule has 0 radical (unpaired) electrons. The minimum atomic E-state index is -0.480. The lowest BCUT2D eigenvalue weighted by molar-refractivity contribution is 0.413. The summed E-state index contributed by atoms with van der Waals surface area (Å²) in [6, 6.07) is 9.58. The van der Waals surface area contributed by atoms with E-state index in [4.69, 9.17) is 27.9 Å². The summed E-state index contributed by atoms with van der Waals surface area (Å²) in [5, 5.41) is 1.40. The topological polar surface area (TPSA) is 35.0 Å². The van der Waals surface area contributed by atoms with Crippen molar-refractivity contribution >= 4 is 34.1 Å². The van der Waals surface area contributed by atoms with Crippen LogP contribution in [0.4, 0.5) is 4.39 Å². The summed E-state index contributed by atoms with van der Waals surface area (Å²) in [4.78, 5) is 8.50. The van der Waals surface area contributed by atoms with Gasteiger partial charge >= 0.3 is 0 Å². The molecule has 0 N–H and O–H groups in total. The highest BCUT2D eigenvalue weighted by Gasteiger charge is 2.16. The van der Waals surface area contributed by atoms with Crippen molar-refractivity contribution < 1.29 is 9.13 Å². The van der Waals surface area contributed by atoms with Crippen LogP contribution in [0.15, 0.2) is 36.4 Å². The summed E-state index contributed by atoms with van der Waals surface area (Å²) in [6.45, 7) is 0. The quantitative estimate of drug-likeness (QED) is 0.638. The van der Waals surface area contributed by atoms with E-state index in [0.717, 1.165) is 0 Å². The SMILES string of the molecule is COc1cccc(F)c1-c1nc(Cl)c2ccc(Cl)cc2n1. The van der Waals surface area contributed by atoms with Crippen LogP contribution in [0.3, 0.4) is 0 Å².